The summed E-state index contributed by atoms with van der Waals surface area (Å²) in [6.45, 7) is 0.848. The second kappa shape index (κ2) is 8.50. The van der Waals surface area contributed by atoms with E-state index in [4.69, 9.17) is 4.74 Å². The Bertz CT molecular complexity index is 666. The van der Waals surface area contributed by atoms with Gasteiger partial charge in [-0.25, -0.2) is 0 Å². The molecule has 0 heterocycles. The third kappa shape index (κ3) is 4.28. The SMILES string of the molecule is COc1ccc(CN[C@H](c2ccccc2)[C@H]2CCCC=C2Br)cc1. The highest BCUT2D eigenvalue weighted by atomic mass is 79.9. The van der Waals surface area contributed by atoms with Gasteiger partial charge in [0.2, 0.25) is 0 Å². The number of halogens is 1. The van der Waals surface area contributed by atoms with Gasteiger partial charge in [0.05, 0.1) is 7.11 Å². The van der Waals surface area contributed by atoms with Crippen molar-refractivity contribution in [3.8, 4) is 5.75 Å². The van der Waals surface area contributed by atoms with Crippen LogP contribution >= 0.6 is 15.9 Å². The maximum atomic E-state index is 5.24. The topological polar surface area (TPSA) is 21.3 Å². The lowest BCUT2D eigenvalue weighted by molar-refractivity contribution is 0.377. The largest absolute Gasteiger partial charge is 0.497 e. The van der Waals surface area contributed by atoms with Gasteiger partial charge in [0.15, 0.2) is 0 Å². The lowest BCUT2D eigenvalue weighted by atomic mass is 9.85. The molecule has 2 aromatic carbocycles. The van der Waals surface area contributed by atoms with Crippen molar-refractivity contribution in [3.05, 3.63) is 76.3 Å². The monoisotopic (exact) mass is 385 g/mol. The van der Waals surface area contributed by atoms with Crippen molar-refractivity contribution in [2.24, 2.45) is 5.92 Å². The first-order valence-corrected chi connectivity index (χ1v) is 9.34. The minimum atomic E-state index is 0.319. The first-order chi connectivity index (χ1) is 11.8. The summed E-state index contributed by atoms with van der Waals surface area (Å²) in [6, 6.07) is 19.4. The van der Waals surface area contributed by atoms with Crippen molar-refractivity contribution in [1.29, 1.82) is 0 Å². The first-order valence-electron chi connectivity index (χ1n) is 8.55. The van der Waals surface area contributed by atoms with Crippen LogP contribution < -0.4 is 10.1 Å². The average molecular weight is 386 g/mol. The molecule has 2 nitrogen and oxygen atoms in total. The van der Waals surface area contributed by atoms with E-state index in [1.165, 1.54) is 34.9 Å². The second-order valence-electron chi connectivity index (χ2n) is 6.24. The molecule has 0 radical (unpaired) electrons. The lowest BCUT2D eigenvalue weighted by Crippen LogP contribution is -2.29. The standard InChI is InChI=1S/C21H24BrNO/c1-24-18-13-11-16(12-14-18)15-23-21(17-7-3-2-4-8-17)19-9-5-6-10-20(19)22/h2-4,7-8,10-14,19,21,23H,5-6,9,15H2,1H3/t19-,21+/m0/s1. The molecule has 0 fully saturated rings. The number of methoxy groups -OCH3 is 1. The molecule has 3 heteroatoms. The van der Waals surface area contributed by atoms with E-state index < -0.39 is 0 Å². The normalized spacial score (nSPS) is 18.8. The fourth-order valence-corrected chi connectivity index (χ4v) is 4.04. The van der Waals surface area contributed by atoms with Crippen molar-refractivity contribution >= 4 is 15.9 Å². The summed E-state index contributed by atoms with van der Waals surface area (Å²) in [4.78, 5) is 0. The zero-order valence-electron chi connectivity index (χ0n) is 14.0. The molecule has 0 amide bonds. The molecule has 0 aromatic heterocycles. The number of benzene rings is 2. The lowest BCUT2D eigenvalue weighted by Gasteiger charge is -2.31. The minimum absolute atomic E-state index is 0.319. The zero-order valence-corrected chi connectivity index (χ0v) is 15.6. The molecule has 0 saturated carbocycles. The van der Waals surface area contributed by atoms with Gasteiger partial charge in [-0.1, -0.05) is 64.5 Å². The highest BCUT2D eigenvalue weighted by Crippen LogP contribution is 2.38. The van der Waals surface area contributed by atoms with E-state index in [0.717, 1.165) is 12.3 Å². The third-order valence-electron chi connectivity index (χ3n) is 4.66. The third-order valence-corrected chi connectivity index (χ3v) is 5.57. The van der Waals surface area contributed by atoms with Gasteiger partial charge in [-0.2, -0.15) is 0 Å². The Balaban J connectivity index is 1.77. The predicted octanol–water partition coefficient (Wildman–Crippen LogP) is 5.61. The van der Waals surface area contributed by atoms with Crippen molar-refractivity contribution in [1.82, 2.24) is 5.32 Å². The van der Waals surface area contributed by atoms with E-state index in [1.54, 1.807) is 7.11 Å². The van der Waals surface area contributed by atoms with E-state index in [1.807, 2.05) is 12.1 Å². The Kier molecular flexibility index (Phi) is 6.11. The summed E-state index contributed by atoms with van der Waals surface area (Å²) in [5, 5.41) is 3.78. The van der Waals surface area contributed by atoms with Crippen molar-refractivity contribution in [2.75, 3.05) is 7.11 Å². The van der Waals surface area contributed by atoms with E-state index in [0.29, 0.717) is 12.0 Å². The molecule has 0 spiro atoms. The number of hydrogen-bond donors (Lipinski definition) is 1. The fraction of sp³-hybridized carbons (Fsp3) is 0.333. The van der Waals surface area contributed by atoms with Crippen molar-refractivity contribution in [3.63, 3.8) is 0 Å². The first kappa shape index (κ1) is 17.2. The maximum absolute atomic E-state index is 5.24. The molecule has 126 valence electrons. The number of ether oxygens (including phenoxy) is 1. The second-order valence-corrected chi connectivity index (χ2v) is 7.16. The van der Waals surface area contributed by atoms with Crippen LogP contribution in [0.1, 0.15) is 36.4 Å². The van der Waals surface area contributed by atoms with Gasteiger partial charge < -0.3 is 10.1 Å². The molecule has 1 N–H and O–H groups in total. The number of hydrogen-bond acceptors (Lipinski definition) is 2. The molecule has 0 saturated heterocycles. The quantitative estimate of drug-likeness (QED) is 0.697. The van der Waals surface area contributed by atoms with E-state index >= 15 is 0 Å². The van der Waals surface area contributed by atoms with Gasteiger partial charge in [0.1, 0.15) is 5.75 Å². The van der Waals surface area contributed by atoms with Crippen LogP contribution in [0.4, 0.5) is 0 Å². The molecule has 1 aliphatic carbocycles. The summed E-state index contributed by atoms with van der Waals surface area (Å²) in [7, 11) is 1.70. The molecule has 1 aliphatic rings. The van der Waals surface area contributed by atoms with Crippen LogP contribution in [0.5, 0.6) is 5.75 Å². The molecule has 2 atom stereocenters. The van der Waals surface area contributed by atoms with Gasteiger partial charge in [-0.15, -0.1) is 0 Å². The maximum Gasteiger partial charge on any atom is 0.118 e. The van der Waals surface area contributed by atoms with Crippen LogP contribution in [0.3, 0.4) is 0 Å². The summed E-state index contributed by atoms with van der Waals surface area (Å²) in [5.41, 5.74) is 2.62. The minimum Gasteiger partial charge on any atom is -0.497 e. The number of allylic oxidation sites excluding steroid dienone is 1. The van der Waals surface area contributed by atoms with Gasteiger partial charge in [-0.05, 0) is 47.0 Å². The van der Waals surface area contributed by atoms with E-state index in [-0.39, 0.29) is 0 Å². The summed E-state index contributed by atoms with van der Waals surface area (Å²) in [6.07, 6.45) is 5.98. The van der Waals surface area contributed by atoms with Crippen LogP contribution in [0.25, 0.3) is 0 Å². The highest BCUT2D eigenvalue weighted by molar-refractivity contribution is 9.11. The Morgan fingerprint density at radius 1 is 1.12 bits per heavy atom. The Hall–Kier alpha value is -1.58. The Morgan fingerprint density at radius 3 is 2.54 bits per heavy atom. The summed E-state index contributed by atoms with van der Waals surface area (Å²) in [5.74, 6) is 1.40. The van der Waals surface area contributed by atoms with Crippen LogP contribution in [0.15, 0.2) is 65.2 Å². The Morgan fingerprint density at radius 2 is 1.88 bits per heavy atom. The summed E-state index contributed by atoms with van der Waals surface area (Å²) < 4.78 is 6.58. The molecule has 0 aliphatic heterocycles. The molecule has 2 aromatic rings. The molecule has 24 heavy (non-hydrogen) atoms. The van der Waals surface area contributed by atoms with Crippen LogP contribution in [0, 0.1) is 5.92 Å². The average Bonchev–Trinajstić information content (AvgIpc) is 2.65. The molecular weight excluding hydrogens is 362 g/mol. The molecule has 0 unspecified atom stereocenters. The van der Waals surface area contributed by atoms with E-state index in [2.05, 4.69) is 69.8 Å². The fourth-order valence-electron chi connectivity index (χ4n) is 3.32. The molecule has 0 bridgehead atoms. The van der Waals surface area contributed by atoms with Gasteiger partial charge >= 0.3 is 0 Å². The predicted molar refractivity (Wildman–Crippen MR) is 103 cm³/mol. The van der Waals surface area contributed by atoms with Gasteiger partial charge in [0.25, 0.3) is 0 Å². The summed E-state index contributed by atoms with van der Waals surface area (Å²) >= 11 is 3.80. The van der Waals surface area contributed by atoms with Crippen molar-refractivity contribution in [2.45, 2.75) is 31.8 Å². The van der Waals surface area contributed by atoms with Gasteiger partial charge in [0, 0.05) is 18.5 Å². The van der Waals surface area contributed by atoms with E-state index in [9.17, 15) is 0 Å². The molecular formula is C21H24BrNO. The van der Waals surface area contributed by atoms with Crippen LogP contribution in [-0.2, 0) is 6.54 Å². The van der Waals surface area contributed by atoms with Crippen molar-refractivity contribution < 1.29 is 4.74 Å². The van der Waals surface area contributed by atoms with Crippen LogP contribution in [0.2, 0.25) is 0 Å². The zero-order chi connectivity index (χ0) is 16.8. The smallest absolute Gasteiger partial charge is 0.118 e. The number of rotatable bonds is 6. The Labute approximate surface area is 153 Å². The van der Waals surface area contributed by atoms with Crippen LogP contribution in [-0.4, -0.2) is 7.11 Å². The number of nitrogens with one attached hydrogen (secondary N) is 1. The highest BCUT2D eigenvalue weighted by Gasteiger charge is 2.26. The molecule has 3 rings (SSSR count). The van der Waals surface area contributed by atoms with Gasteiger partial charge in [-0.3, -0.25) is 0 Å².